The third-order valence-electron chi connectivity index (χ3n) is 4.32. The van der Waals surface area contributed by atoms with Crippen molar-refractivity contribution in [2.45, 2.75) is 26.3 Å². The first kappa shape index (κ1) is 16.9. The zero-order valence-electron chi connectivity index (χ0n) is 14.1. The molecule has 2 aromatic rings. The van der Waals surface area contributed by atoms with Crippen LogP contribution in [0.1, 0.15) is 34.9 Å². The Kier molecular flexibility index (Phi) is 4.97. The molecular formula is C17H21N5O3. The minimum atomic E-state index is -0.365. The van der Waals surface area contributed by atoms with Crippen LogP contribution in [0.5, 0.6) is 0 Å². The Morgan fingerprint density at radius 3 is 2.76 bits per heavy atom. The van der Waals surface area contributed by atoms with E-state index in [4.69, 9.17) is 10.2 Å². The molecule has 0 spiro atoms. The third kappa shape index (κ3) is 3.96. The van der Waals surface area contributed by atoms with Crippen molar-refractivity contribution in [2.75, 3.05) is 18.0 Å². The maximum atomic E-state index is 12.1. The number of primary amides is 1. The Balaban J connectivity index is 1.65. The molecule has 2 aromatic heterocycles. The average molecular weight is 343 g/mol. The van der Waals surface area contributed by atoms with Crippen molar-refractivity contribution in [3.63, 3.8) is 0 Å². The highest BCUT2D eigenvalue weighted by molar-refractivity contribution is 5.89. The highest BCUT2D eigenvalue weighted by atomic mass is 16.4. The molecule has 0 aliphatic carbocycles. The van der Waals surface area contributed by atoms with Crippen LogP contribution in [-0.4, -0.2) is 34.9 Å². The molecular weight excluding hydrogens is 322 g/mol. The number of carbonyl (C=O) groups excluding carboxylic acids is 2. The third-order valence-corrected chi connectivity index (χ3v) is 4.32. The Hall–Kier alpha value is -2.90. The van der Waals surface area contributed by atoms with Crippen LogP contribution in [0, 0.1) is 12.8 Å². The summed E-state index contributed by atoms with van der Waals surface area (Å²) < 4.78 is 5.22. The van der Waals surface area contributed by atoms with E-state index in [9.17, 15) is 9.59 Å². The summed E-state index contributed by atoms with van der Waals surface area (Å²) in [4.78, 5) is 33.9. The SMILES string of the molecule is Cc1cnc(C(=O)NCc2cccnc2N2CCC(C(N)=O)CC2)o1. The quantitative estimate of drug-likeness (QED) is 0.837. The predicted octanol–water partition coefficient (Wildman–Crippen LogP) is 1.01. The Bertz CT molecular complexity index is 765. The average Bonchev–Trinajstić information content (AvgIpc) is 3.06. The van der Waals surface area contributed by atoms with E-state index in [-0.39, 0.29) is 23.6 Å². The lowest BCUT2D eigenvalue weighted by Crippen LogP contribution is -2.39. The number of rotatable bonds is 5. The van der Waals surface area contributed by atoms with Crippen molar-refractivity contribution in [1.29, 1.82) is 0 Å². The lowest BCUT2D eigenvalue weighted by atomic mass is 9.96. The van der Waals surface area contributed by atoms with Gasteiger partial charge in [-0.3, -0.25) is 9.59 Å². The summed E-state index contributed by atoms with van der Waals surface area (Å²) in [5.74, 6) is 0.769. The number of aromatic nitrogens is 2. The fourth-order valence-corrected chi connectivity index (χ4v) is 2.94. The van der Waals surface area contributed by atoms with Crippen molar-refractivity contribution in [3.8, 4) is 0 Å². The van der Waals surface area contributed by atoms with Crippen LogP contribution in [0.3, 0.4) is 0 Å². The number of hydrogen-bond acceptors (Lipinski definition) is 6. The maximum absolute atomic E-state index is 12.1. The summed E-state index contributed by atoms with van der Waals surface area (Å²) in [7, 11) is 0. The molecule has 1 fully saturated rings. The number of piperidine rings is 1. The topological polar surface area (TPSA) is 114 Å². The summed E-state index contributed by atoms with van der Waals surface area (Å²) in [5, 5.41) is 2.80. The van der Waals surface area contributed by atoms with E-state index >= 15 is 0 Å². The fourth-order valence-electron chi connectivity index (χ4n) is 2.94. The molecule has 8 heteroatoms. The standard InChI is InChI=1S/C17H21N5O3/c1-11-9-21-17(25-11)16(24)20-10-13-3-2-6-19-15(13)22-7-4-12(5-8-22)14(18)23/h2-3,6,9,12H,4-5,7-8,10H2,1H3,(H2,18,23)(H,20,24). The predicted molar refractivity (Wildman–Crippen MR) is 90.8 cm³/mol. The molecule has 0 unspecified atom stereocenters. The van der Waals surface area contributed by atoms with E-state index in [2.05, 4.69) is 20.2 Å². The van der Waals surface area contributed by atoms with Gasteiger partial charge in [0.2, 0.25) is 5.91 Å². The molecule has 8 nitrogen and oxygen atoms in total. The van der Waals surface area contributed by atoms with Crippen LogP contribution in [0.25, 0.3) is 0 Å². The van der Waals surface area contributed by atoms with Crippen molar-refractivity contribution < 1.29 is 14.0 Å². The number of anilines is 1. The Labute approximate surface area is 145 Å². The van der Waals surface area contributed by atoms with E-state index in [0.717, 1.165) is 11.4 Å². The van der Waals surface area contributed by atoms with Gasteiger partial charge in [-0.25, -0.2) is 9.97 Å². The van der Waals surface area contributed by atoms with Gasteiger partial charge in [0, 0.05) is 37.3 Å². The molecule has 0 bridgehead atoms. The van der Waals surface area contributed by atoms with E-state index in [1.54, 1.807) is 13.1 Å². The number of carbonyl (C=O) groups is 2. The molecule has 1 aliphatic rings. The van der Waals surface area contributed by atoms with Crippen molar-refractivity contribution in [2.24, 2.45) is 11.7 Å². The monoisotopic (exact) mass is 343 g/mol. The van der Waals surface area contributed by atoms with Gasteiger partial charge >= 0.3 is 5.91 Å². The summed E-state index contributed by atoms with van der Waals surface area (Å²) in [6, 6.07) is 3.75. The van der Waals surface area contributed by atoms with Gasteiger partial charge in [0.15, 0.2) is 0 Å². The van der Waals surface area contributed by atoms with Gasteiger partial charge in [-0.1, -0.05) is 6.07 Å². The molecule has 25 heavy (non-hydrogen) atoms. The molecule has 1 saturated heterocycles. The zero-order chi connectivity index (χ0) is 17.8. The van der Waals surface area contributed by atoms with Crippen molar-refractivity contribution >= 4 is 17.6 Å². The molecule has 0 atom stereocenters. The minimum Gasteiger partial charge on any atom is -0.438 e. The van der Waals surface area contributed by atoms with Crippen LogP contribution in [0.2, 0.25) is 0 Å². The normalized spacial score (nSPS) is 15.2. The van der Waals surface area contributed by atoms with Crippen LogP contribution in [-0.2, 0) is 11.3 Å². The van der Waals surface area contributed by atoms with E-state index in [1.165, 1.54) is 6.20 Å². The smallest absolute Gasteiger partial charge is 0.307 e. The number of pyridine rings is 1. The van der Waals surface area contributed by atoms with E-state index in [1.807, 2.05) is 12.1 Å². The van der Waals surface area contributed by atoms with Gasteiger partial charge in [0.25, 0.3) is 5.89 Å². The first-order chi connectivity index (χ1) is 12.0. The highest BCUT2D eigenvalue weighted by Crippen LogP contribution is 2.24. The van der Waals surface area contributed by atoms with E-state index in [0.29, 0.717) is 38.2 Å². The van der Waals surface area contributed by atoms with Gasteiger partial charge in [0.05, 0.1) is 6.20 Å². The molecule has 132 valence electrons. The largest absolute Gasteiger partial charge is 0.438 e. The first-order valence-corrected chi connectivity index (χ1v) is 8.23. The van der Waals surface area contributed by atoms with Crippen LogP contribution in [0.4, 0.5) is 5.82 Å². The zero-order valence-corrected chi connectivity index (χ0v) is 14.1. The Morgan fingerprint density at radius 2 is 2.12 bits per heavy atom. The van der Waals surface area contributed by atoms with Crippen LogP contribution < -0.4 is 16.0 Å². The summed E-state index contributed by atoms with van der Waals surface area (Å²) >= 11 is 0. The molecule has 3 heterocycles. The fraction of sp³-hybridized carbons (Fsp3) is 0.412. The Morgan fingerprint density at radius 1 is 1.36 bits per heavy atom. The second-order valence-electron chi connectivity index (χ2n) is 6.11. The molecule has 0 aromatic carbocycles. The van der Waals surface area contributed by atoms with Crippen molar-refractivity contribution in [1.82, 2.24) is 15.3 Å². The second-order valence-corrected chi connectivity index (χ2v) is 6.11. The number of nitrogens with two attached hydrogens (primary N) is 1. The molecule has 2 amide bonds. The van der Waals surface area contributed by atoms with Gasteiger partial charge in [-0.05, 0) is 25.8 Å². The number of hydrogen-bond donors (Lipinski definition) is 2. The van der Waals surface area contributed by atoms with Gasteiger partial charge in [-0.2, -0.15) is 0 Å². The number of nitrogens with one attached hydrogen (secondary N) is 1. The van der Waals surface area contributed by atoms with Gasteiger partial charge in [0.1, 0.15) is 11.6 Å². The molecule has 0 radical (unpaired) electrons. The summed E-state index contributed by atoms with van der Waals surface area (Å²) in [5.41, 5.74) is 6.28. The molecule has 0 saturated carbocycles. The molecule has 3 N–H and O–H groups in total. The molecule has 3 rings (SSSR count). The lowest BCUT2D eigenvalue weighted by Gasteiger charge is -2.32. The first-order valence-electron chi connectivity index (χ1n) is 8.23. The molecule has 1 aliphatic heterocycles. The minimum absolute atomic E-state index is 0.0465. The number of oxazole rings is 1. The number of aryl methyl sites for hydroxylation is 1. The van der Waals surface area contributed by atoms with Gasteiger partial charge < -0.3 is 20.4 Å². The van der Waals surface area contributed by atoms with Gasteiger partial charge in [-0.15, -0.1) is 0 Å². The van der Waals surface area contributed by atoms with Crippen LogP contribution >= 0.6 is 0 Å². The van der Waals surface area contributed by atoms with E-state index < -0.39 is 0 Å². The van der Waals surface area contributed by atoms with Crippen LogP contribution in [0.15, 0.2) is 28.9 Å². The summed E-state index contributed by atoms with van der Waals surface area (Å²) in [6.07, 6.45) is 4.66. The maximum Gasteiger partial charge on any atom is 0.307 e. The highest BCUT2D eigenvalue weighted by Gasteiger charge is 2.25. The number of amides is 2. The van der Waals surface area contributed by atoms with Crippen molar-refractivity contribution in [3.05, 3.63) is 41.7 Å². The lowest BCUT2D eigenvalue weighted by molar-refractivity contribution is -0.122. The second kappa shape index (κ2) is 7.33. The summed E-state index contributed by atoms with van der Waals surface area (Å²) in [6.45, 7) is 3.48. The number of nitrogens with zero attached hydrogens (tertiary/aromatic N) is 3.